The van der Waals surface area contributed by atoms with Gasteiger partial charge in [-0.1, -0.05) is 18.2 Å². The van der Waals surface area contributed by atoms with Gasteiger partial charge in [0.05, 0.1) is 18.0 Å². The highest BCUT2D eigenvalue weighted by Gasteiger charge is 2.30. The number of amides is 1. The van der Waals surface area contributed by atoms with Gasteiger partial charge >= 0.3 is 0 Å². The van der Waals surface area contributed by atoms with Gasteiger partial charge in [0.2, 0.25) is 15.9 Å². The summed E-state index contributed by atoms with van der Waals surface area (Å²) in [7, 11) is -1.86. The molecule has 2 N–H and O–H groups in total. The van der Waals surface area contributed by atoms with Crippen molar-refractivity contribution in [3.8, 4) is 11.1 Å². The maximum atomic E-state index is 12.0. The van der Waals surface area contributed by atoms with Gasteiger partial charge in [0, 0.05) is 30.9 Å². The Morgan fingerprint density at radius 2 is 1.96 bits per heavy atom. The van der Waals surface area contributed by atoms with Crippen molar-refractivity contribution in [3.05, 3.63) is 42.6 Å². The first-order valence-electron chi connectivity index (χ1n) is 7.85. The first kappa shape index (κ1) is 17.4. The number of nitrogens with zero attached hydrogens (tertiary/aromatic N) is 3. The molecule has 1 fully saturated rings. The Kier molecular flexibility index (Phi) is 4.49. The first-order chi connectivity index (χ1) is 11.8. The molecule has 1 atom stereocenters. The Morgan fingerprint density at radius 1 is 1.24 bits per heavy atom. The predicted molar refractivity (Wildman–Crippen MR) is 97.9 cm³/mol. The molecule has 8 heteroatoms. The zero-order valence-electron chi connectivity index (χ0n) is 14.1. The van der Waals surface area contributed by atoms with Crippen molar-refractivity contribution in [1.82, 2.24) is 4.98 Å². The minimum atomic E-state index is -3.37. The molecule has 1 aliphatic heterocycles. The minimum absolute atomic E-state index is 0.127. The molecule has 1 amide bonds. The standard InChI is InChI=1S/C17H20N4O3S/c1-20(25(2,23)24)15-6-4-3-5-13(15)12-7-8-16(19-11-12)21-10-9-14(18)17(21)22/h3-8,11,14H,9-10,18H2,1-2H3/t14-/m0/s1. The molecule has 0 aliphatic carbocycles. The number of sulfonamides is 1. The van der Waals surface area contributed by atoms with Crippen LogP contribution < -0.4 is 14.9 Å². The van der Waals surface area contributed by atoms with Gasteiger partial charge in [-0.05, 0) is 24.6 Å². The summed E-state index contributed by atoms with van der Waals surface area (Å²) in [5.74, 6) is 0.424. The van der Waals surface area contributed by atoms with E-state index in [0.29, 0.717) is 24.5 Å². The van der Waals surface area contributed by atoms with Crippen LogP contribution in [-0.4, -0.2) is 45.2 Å². The highest BCUT2D eigenvalue weighted by atomic mass is 32.2. The van der Waals surface area contributed by atoms with Gasteiger partial charge in [-0.25, -0.2) is 13.4 Å². The highest BCUT2D eigenvalue weighted by Crippen LogP contribution is 2.32. The zero-order chi connectivity index (χ0) is 18.2. The number of pyridine rings is 1. The fourth-order valence-electron chi connectivity index (χ4n) is 2.81. The predicted octanol–water partition coefficient (Wildman–Crippen LogP) is 1.21. The summed E-state index contributed by atoms with van der Waals surface area (Å²) < 4.78 is 25.0. The number of nitrogens with two attached hydrogens (primary N) is 1. The Labute approximate surface area is 147 Å². The van der Waals surface area contributed by atoms with Gasteiger partial charge < -0.3 is 5.73 Å². The van der Waals surface area contributed by atoms with Crippen LogP contribution in [-0.2, 0) is 14.8 Å². The van der Waals surface area contributed by atoms with E-state index in [0.717, 1.165) is 17.4 Å². The summed E-state index contributed by atoms with van der Waals surface area (Å²) in [6.07, 6.45) is 3.42. The highest BCUT2D eigenvalue weighted by molar-refractivity contribution is 7.92. The molecule has 1 aromatic heterocycles. The molecule has 0 bridgehead atoms. The summed E-state index contributed by atoms with van der Waals surface area (Å²) in [5.41, 5.74) is 7.83. The molecule has 1 aromatic carbocycles. The van der Waals surface area contributed by atoms with E-state index in [2.05, 4.69) is 4.98 Å². The second-order valence-corrected chi connectivity index (χ2v) is 8.05. The number of aromatic nitrogens is 1. The van der Waals surface area contributed by atoms with Gasteiger partial charge in [0.15, 0.2) is 0 Å². The summed E-state index contributed by atoms with van der Waals surface area (Å²) >= 11 is 0. The Balaban J connectivity index is 1.95. The van der Waals surface area contributed by atoms with Crippen LogP contribution in [0.1, 0.15) is 6.42 Å². The van der Waals surface area contributed by atoms with Gasteiger partial charge in [-0.15, -0.1) is 0 Å². The second kappa shape index (κ2) is 6.45. The van der Waals surface area contributed by atoms with Crippen LogP contribution in [0.5, 0.6) is 0 Å². The summed E-state index contributed by atoms with van der Waals surface area (Å²) in [5, 5.41) is 0. The monoisotopic (exact) mass is 360 g/mol. The molecule has 3 rings (SSSR count). The Hall–Kier alpha value is -2.45. The lowest BCUT2D eigenvalue weighted by atomic mass is 10.1. The van der Waals surface area contributed by atoms with Crippen molar-refractivity contribution in [2.24, 2.45) is 5.73 Å². The quantitative estimate of drug-likeness (QED) is 0.884. The van der Waals surface area contributed by atoms with Crippen molar-refractivity contribution in [3.63, 3.8) is 0 Å². The van der Waals surface area contributed by atoms with Crippen molar-refractivity contribution < 1.29 is 13.2 Å². The summed E-state index contributed by atoms with van der Waals surface area (Å²) in [6.45, 7) is 0.555. The number of carbonyl (C=O) groups excluding carboxylic acids is 1. The van der Waals surface area contributed by atoms with E-state index in [9.17, 15) is 13.2 Å². The Morgan fingerprint density at radius 3 is 2.52 bits per heavy atom. The number of para-hydroxylation sites is 1. The minimum Gasteiger partial charge on any atom is -0.320 e. The lowest BCUT2D eigenvalue weighted by Gasteiger charge is -2.20. The normalized spacial score (nSPS) is 17.8. The summed E-state index contributed by atoms with van der Waals surface area (Å²) in [6, 6.07) is 10.3. The number of hydrogen-bond acceptors (Lipinski definition) is 5. The molecule has 0 saturated carbocycles. The first-order valence-corrected chi connectivity index (χ1v) is 9.70. The molecule has 7 nitrogen and oxygen atoms in total. The van der Waals surface area contributed by atoms with Gasteiger partial charge in [0.25, 0.3) is 0 Å². The molecule has 0 radical (unpaired) electrons. The molecule has 132 valence electrons. The van der Waals surface area contributed by atoms with E-state index >= 15 is 0 Å². The lowest BCUT2D eigenvalue weighted by molar-refractivity contribution is -0.118. The Bertz CT molecular complexity index is 896. The number of carbonyl (C=O) groups is 1. The van der Waals surface area contributed by atoms with Crippen LogP contribution >= 0.6 is 0 Å². The van der Waals surface area contributed by atoms with E-state index in [1.165, 1.54) is 11.4 Å². The van der Waals surface area contributed by atoms with Crippen LogP contribution in [0, 0.1) is 0 Å². The van der Waals surface area contributed by atoms with Crippen LogP contribution in [0.4, 0.5) is 11.5 Å². The number of benzene rings is 1. The molecule has 0 unspecified atom stereocenters. The molecule has 1 aliphatic rings. The molecule has 0 spiro atoms. The maximum absolute atomic E-state index is 12.0. The third-order valence-corrected chi connectivity index (χ3v) is 5.51. The van der Waals surface area contributed by atoms with Crippen molar-refractivity contribution in [2.45, 2.75) is 12.5 Å². The van der Waals surface area contributed by atoms with Crippen LogP contribution in [0.2, 0.25) is 0 Å². The molecule has 2 aromatic rings. The van der Waals surface area contributed by atoms with E-state index in [-0.39, 0.29) is 5.91 Å². The number of rotatable bonds is 4. The number of anilines is 2. The van der Waals surface area contributed by atoms with Gasteiger partial charge in [0.1, 0.15) is 5.82 Å². The SMILES string of the molecule is CN(c1ccccc1-c1ccc(N2CC[C@H](N)C2=O)nc1)S(C)(=O)=O. The zero-order valence-corrected chi connectivity index (χ0v) is 14.9. The van der Waals surface area contributed by atoms with Crippen molar-refractivity contribution >= 4 is 27.4 Å². The van der Waals surface area contributed by atoms with E-state index in [1.807, 2.05) is 18.2 Å². The molecule has 25 heavy (non-hydrogen) atoms. The van der Waals surface area contributed by atoms with Gasteiger partial charge in [-0.3, -0.25) is 14.0 Å². The van der Waals surface area contributed by atoms with Gasteiger partial charge in [-0.2, -0.15) is 0 Å². The smallest absolute Gasteiger partial charge is 0.245 e. The molecule has 2 heterocycles. The van der Waals surface area contributed by atoms with Crippen molar-refractivity contribution in [2.75, 3.05) is 29.1 Å². The van der Waals surface area contributed by atoms with E-state index < -0.39 is 16.1 Å². The largest absolute Gasteiger partial charge is 0.320 e. The van der Waals surface area contributed by atoms with E-state index in [4.69, 9.17) is 5.73 Å². The molecular formula is C17H20N4O3S. The van der Waals surface area contributed by atoms with E-state index in [1.54, 1.807) is 29.3 Å². The van der Waals surface area contributed by atoms with Crippen LogP contribution in [0.15, 0.2) is 42.6 Å². The van der Waals surface area contributed by atoms with Crippen LogP contribution in [0.3, 0.4) is 0 Å². The fourth-order valence-corrected chi connectivity index (χ4v) is 3.32. The third-order valence-electron chi connectivity index (χ3n) is 4.32. The lowest BCUT2D eigenvalue weighted by Crippen LogP contribution is -2.34. The second-order valence-electron chi connectivity index (χ2n) is 6.04. The third kappa shape index (κ3) is 3.35. The average Bonchev–Trinajstić information content (AvgIpc) is 2.93. The average molecular weight is 360 g/mol. The maximum Gasteiger partial charge on any atom is 0.245 e. The molecule has 1 saturated heterocycles. The van der Waals surface area contributed by atoms with Crippen molar-refractivity contribution in [1.29, 1.82) is 0 Å². The molecular weight excluding hydrogens is 340 g/mol. The fraction of sp³-hybridized carbons (Fsp3) is 0.294. The number of hydrogen-bond donors (Lipinski definition) is 1. The van der Waals surface area contributed by atoms with Crippen LogP contribution in [0.25, 0.3) is 11.1 Å². The topological polar surface area (TPSA) is 96.6 Å². The summed E-state index contributed by atoms with van der Waals surface area (Å²) in [4.78, 5) is 17.9.